The van der Waals surface area contributed by atoms with Gasteiger partial charge in [0.2, 0.25) is 0 Å². The molecule has 1 aliphatic heterocycles. The minimum atomic E-state index is -0.868. The number of carbonyl (C=O) groups is 3. The molecule has 0 unspecified atom stereocenters. The highest BCUT2D eigenvalue weighted by Crippen LogP contribution is 2.42. The van der Waals surface area contributed by atoms with Crippen molar-refractivity contribution in [3.63, 3.8) is 0 Å². The molecule has 0 saturated heterocycles. The second kappa shape index (κ2) is 8.03. The number of fused-ring (bicyclic) bond motifs is 1. The van der Waals surface area contributed by atoms with Crippen LogP contribution in [0.2, 0.25) is 0 Å². The van der Waals surface area contributed by atoms with Gasteiger partial charge >= 0.3 is 17.9 Å². The summed E-state index contributed by atoms with van der Waals surface area (Å²) in [5.74, 6) is -1.27. The third-order valence-electron chi connectivity index (χ3n) is 4.26. The number of cyclic esters (lactones) is 1. The molecule has 1 aromatic carbocycles. The molecule has 0 amide bonds. The monoisotopic (exact) mass is 362 g/mol. The Bertz CT molecular complexity index is 790. The predicted octanol–water partition coefficient (Wildman–Crippen LogP) is 2.95. The summed E-state index contributed by atoms with van der Waals surface area (Å²) in [6.07, 6.45) is 2.62. The molecule has 0 bridgehead atoms. The van der Waals surface area contributed by atoms with Crippen LogP contribution in [0.3, 0.4) is 0 Å². The van der Waals surface area contributed by atoms with Gasteiger partial charge in [0, 0.05) is 24.5 Å². The third-order valence-corrected chi connectivity index (χ3v) is 4.26. The molecular weight excluding hydrogens is 340 g/mol. The second-order valence-electron chi connectivity index (χ2n) is 6.14. The number of methoxy groups -OCH3 is 1. The van der Waals surface area contributed by atoms with Crippen LogP contribution >= 0.6 is 0 Å². The molecular formula is C19H22O7. The number of hydrogen-bond donors (Lipinski definition) is 1. The van der Waals surface area contributed by atoms with Crippen LogP contribution in [0.5, 0.6) is 11.5 Å². The van der Waals surface area contributed by atoms with Crippen molar-refractivity contribution in [2.45, 2.75) is 46.6 Å². The zero-order chi connectivity index (χ0) is 19.4. The minimum absolute atomic E-state index is 0.0335. The number of rotatable bonds is 7. The number of carbonyl (C=O) groups excluding carboxylic acids is 2. The Balaban J connectivity index is 2.52. The lowest BCUT2D eigenvalue weighted by Gasteiger charge is -2.18. The number of ether oxygens (including phenoxy) is 3. The fraction of sp³-hybridized carbons (Fsp3) is 0.421. The van der Waals surface area contributed by atoms with Crippen molar-refractivity contribution in [2.75, 3.05) is 7.11 Å². The summed E-state index contributed by atoms with van der Waals surface area (Å²) >= 11 is 0. The molecule has 0 atom stereocenters. The summed E-state index contributed by atoms with van der Waals surface area (Å²) in [5, 5.41) is 8.79. The summed E-state index contributed by atoms with van der Waals surface area (Å²) in [6.45, 7) is 5.02. The van der Waals surface area contributed by atoms with Gasteiger partial charge in [0.05, 0.1) is 7.11 Å². The lowest BCUT2D eigenvalue weighted by Crippen LogP contribution is -2.11. The Labute approximate surface area is 151 Å². The molecule has 140 valence electrons. The van der Waals surface area contributed by atoms with E-state index in [1.807, 2.05) is 19.9 Å². The average Bonchev–Trinajstić information content (AvgIpc) is 2.95. The average molecular weight is 362 g/mol. The molecule has 0 radical (unpaired) electrons. The van der Waals surface area contributed by atoms with Gasteiger partial charge in [0.1, 0.15) is 17.9 Å². The first-order valence-corrected chi connectivity index (χ1v) is 8.21. The number of aliphatic carboxylic acids is 1. The van der Waals surface area contributed by atoms with Crippen LogP contribution in [0.15, 0.2) is 11.6 Å². The number of hydrogen-bond acceptors (Lipinski definition) is 6. The number of esters is 2. The second-order valence-corrected chi connectivity index (χ2v) is 6.14. The quantitative estimate of drug-likeness (QED) is 0.452. The van der Waals surface area contributed by atoms with Gasteiger partial charge in [-0.05, 0) is 32.3 Å². The van der Waals surface area contributed by atoms with Crippen molar-refractivity contribution in [3.8, 4) is 11.5 Å². The molecule has 2 rings (SSSR count). The van der Waals surface area contributed by atoms with E-state index in [1.54, 1.807) is 0 Å². The molecule has 1 aromatic rings. The largest absolute Gasteiger partial charge is 0.496 e. The van der Waals surface area contributed by atoms with Crippen LogP contribution in [0, 0.1) is 6.92 Å². The van der Waals surface area contributed by atoms with Crippen LogP contribution in [-0.2, 0) is 27.4 Å². The SMILES string of the molecule is COc1c(C)c2c(c(OC(C)=O)c1CC=C(C)CCC(=O)O)C(=O)OC2. The van der Waals surface area contributed by atoms with Crippen molar-refractivity contribution in [1.29, 1.82) is 0 Å². The maximum absolute atomic E-state index is 12.2. The zero-order valence-corrected chi connectivity index (χ0v) is 15.3. The molecule has 0 aliphatic carbocycles. The van der Waals surface area contributed by atoms with Crippen LogP contribution in [0.4, 0.5) is 0 Å². The molecule has 0 aromatic heterocycles. The molecule has 7 heteroatoms. The van der Waals surface area contributed by atoms with Crippen molar-refractivity contribution in [2.24, 2.45) is 0 Å². The van der Waals surface area contributed by atoms with E-state index in [1.165, 1.54) is 14.0 Å². The van der Waals surface area contributed by atoms with Gasteiger partial charge in [-0.3, -0.25) is 9.59 Å². The Hall–Kier alpha value is -2.83. The lowest BCUT2D eigenvalue weighted by molar-refractivity contribution is -0.137. The highest BCUT2D eigenvalue weighted by molar-refractivity contribution is 5.99. The zero-order valence-electron chi connectivity index (χ0n) is 15.3. The Kier molecular flexibility index (Phi) is 6.02. The van der Waals surface area contributed by atoms with E-state index in [2.05, 4.69) is 0 Å². The summed E-state index contributed by atoms with van der Waals surface area (Å²) in [4.78, 5) is 34.4. The smallest absolute Gasteiger partial charge is 0.342 e. The number of benzene rings is 1. The van der Waals surface area contributed by atoms with Crippen molar-refractivity contribution >= 4 is 17.9 Å². The van der Waals surface area contributed by atoms with E-state index >= 15 is 0 Å². The van der Waals surface area contributed by atoms with Gasteiger partial charge in [0.15, 0.2) is 5.75 Å². The Morgan fingerprint density at radius 1 is 1.23 bits per heavy atom. The van der Waals surface area contributed by atoms with Crippen molar-refractivity contribution in [3.05, 3.63) is 33.9 Å². The maximum atomic E-state index is 12.2. The van der Waals surface area contributed by atoms with Crippen molar-refractivity contribution in [1.82, 2.24) is 0 Å². The Morgan fingerprint density at radius 3 is 2.50 bits per heavy atom. The van der Waals surface area contributed by atoms with Gasteiger partial charge in [-0.15, -0.1) is 0 Å². The number of carboxylic acids is 1. The van der Waals surface area contributed by atoms with Gasteiger partial charge in [-0.25, -0.2) is 4.79 Å². The van der Waals surface area contributed by atoms with E-state index in [0.717, 1.165) is 11.1 Å². The highest BCUT2D eigenvalue weighted by atomic mass is 16.6. The third kappa shape index (κ3) is 4.04. The van der Waals surface area contributed by atoms with E-state index in [9.17, 15) is 14.4 Å². The fourth-order valence-corrected chi connectivity index (χ4v) is 2.95. The standard InChI is InChI=1S/C19H22O7/c1-10(6-8-15(21)22)5-7-13-17(24-4)11(2)14-9-25-19(23)16(14)18(13)26-12(3)20/h5H,6-9H2,1-4H3,(H,21,22). The van der Waals surface area contributed by atoms with Crippen LogP contribution < -0.4 is 9.47 Å². The van der Waals surface area contributed by atoms with E-state index in [-0.39, 0.29) is 24.3 Å². The first-order valence-electron chi connectivity index (χ1n) is 8.21. The molecule has 0 spiro atoms. The van der Waals surface area contributed by atoms with Gasteiger partial charge < -0.3 is 19.3 Å². The topological polar surface area (TPSA) is 99.1 Å². The summed E-state index contributed by atoms with van der Waals surface area (Å²) < 4.78 is 16.0. The van der Waals surface area contributed by atoms with Crippen LogP contribution in [-0.4, -0.2) is 30.1 Å². The minimum Gasteiger partial charge on any atom is -0.496 e. The molecule has 26 heavy (non-hydrogen) atoms. The first kappa shape index (κ1) is 19.5. The van der Waals surface area contributed by atoms with Crippen LogP contribution in [0.25, 0.3) is 0 Å². The van der Waals surface area contributed by atoms with Gasteiger partial charge in [-0.2, -0.15) is 0 Å². The molecule has 0 fully saturated rings. The molecule has 0 saturated carbocycles. The van der Waals surface area contributed by atoms with E-state index < -0.39 is 17.9 Å². The Morgan fingerprint density at radius 2 is 1.92 bits per heavy atom. The lowest BCUT2D eigenvalue weighted by atomic mass is 9.94. The summed E-state index contributed by atoms with van der Waals surface area (Å²) in [6, 6.07) is 0. The van der Waals surface area contributed by atoms with Crippen LogP contribution in [0.1, 0.15) is 53.7 Å². The summed E-state index contributed by atoms with van der Waals surface area (Å²) in [5.41, 5.74) is 3.11. The normalized spacial score (nSPS) is 13.2. The molecule has 1 heterocycles. The molecule has 1 aliphatic rings. The molecule has 7 nitrogen and oxygen atoms in total. The van der Waals surface area contributed by atoms with Gasteiger partial charge in [0.25, 0.3) is 0 Å². The number of carboxylic acid groups (broad SMARTS) is 1. The predicted molar refractivity (Wildman–Crippen MR) is 92.5 cm³/mol. The van der Waals surface area contributed by atoms with Crippen molar-refractivity contribution < 1.29 is 33.7 Å². The summed E-state index contributed by atoms with van der Waals surface area (Å²) in [7, 11) is 1.51. The molecule has 1 N–H and O–H groups in total. The van der Waals surface area contributed by atoms with Gasteiger partial charge in [-0.1, -0.05) is 11.6 Å². The highest BCUT2D eigenvalue weighted by Gasteiger charge is 2.33. The van der Waals surface area contributed by atoms with E-state index in [4.69, 9.17) is 19.3 Å². The first-order chi connectivity index (χ1) is 12.3. The fourth-order valence-electron chi connectivity index (χ4n) is 2.95. The number of allylic oxidation sites excluding steroid dienone is 2. The maximum Gasteiger partial charge on any atom is 0.342 e. The van der Waals surface area contributed by atoms with E-state index in [0.29, 0.717) is 29.7 Å².